The van der Waals surface area contributed by atoms with Crippen molar-refractivity contribution in [3.05, 3.63) is 42.3 Å². The molecule has 0 aliphatic carbocycles. The summed E-state index contributed by atoms with van der Waals surface area (Å²) in [6.07, 6.45) is 1.27. The molecule has 0 atom stereocenters. The number of aliphatic imine (C=N–C) groups is 1. The minimum atomic E-state index is -0.507. The maximum absolute atomic E-state index is 11.9. The second kappa shape index (κ2) is 11.6. The Bertz CT molecular complexity index is 787. The van der Waals surface area contributed by atoms with Crippen molar-refractivity contribution in [3.8, 4) is 11.5 Å². The highest BCUT2D eigenvalue weighted by atomic mass is 127. The quantitative estimate of drug-likeness (QED) is 0.348. The second-order valence-corrected chi connectivity index (χ2v) is 7.26. The van der Waals surface area contributed by atoms with Crippen LogP contribution in [0.15, 0.2) is 46.0 Å². The maximum atomic E-state index is 11.9. The number of nitrogens with zero attached hydrogens (tertiary/aromatic N) is 3. The first kappa shape index (κ1) is 24.7. The largest absolute Gasteiger partial charge is 0.444 e. The number of oxazole rings is 1. The van der Waals surface area contributed by atoms with E-state index in [1.165, 1.54) is 4.90 Å². The van der Waals surface area contributed by atoms with E-state index in [9.17, 15) is 4.79 Å². The van der Waals surface area contributed by atoms with Gasteiger partial charge in [0, 0.05) is 32.7 Å². The molecule has 0 bridgehead atoms. The van der Waals surface area contributed by atoms with Crippen LogP contribution in [-0.4, -0.2) is 54.7 Å². The smallest absolute Gasteiger partial charge is 0.410 e. The number of carbonyl (C=O) groups is 1. The van der Waals surface area contributed by atoms with Crippen LogP contribution in [-0.2, 0) is 11.3 Å². The third-order valence-electron chi connectivity index (χ3n) is 3.68. The van der Waals surface area contributed by atoms with Gasteiger partial charge in [0.05, 0.1) is 12.2 Å². The molecule has 1 aromatic carbocycles. The molecule has 1 aromatic heterocycles. The lowest BCUT2D eigenvalue weighted by Gasteiger charge is -2.24. The lowest BCUT2D eigenvalue weighted by Crippen LogP contribution is -2.42. The number of rotatable bonds is 6. The Balaban J connectivity index is 0.00000420. The molecule has 0 aliphatic rings. The molecule has 0 fully saturated rings. The van der Waals surface area contributed by atoms with E-state index >= 15 is 0 Å². The zero-order chi connectivity index (χ0) is 20.6. The highest BCUT2D eigenvalue weighted by Gasteiger charge is 2.19. The summed E-state index contributed by atoms with van der Waals surface area (Å²) in [7, 11) is 3.39. The fourth-order valence-corrected chi connectivity index (χ4v) is 2.27. The number of aromatic nitrogens is 1. The Morgan fingerprint density at radius 3 is 2.55 bits per heavy atom. The molecule has 2 N–H and O–H groups in total. The van der Waals surface area contributed by atoms with Crippen molar-refractivity contribution in [3.63, 3.8) is 0 Å². The van der Waals surface area contributed by atoms with Gasteiger partial charge in [-0.3, -0.25) is 4.99 Å². The third-order valence-corrected chi connectivity index (χ3v) is 3.68. The van der Waals surface area contributed by atoms with E-state index in [4.69, 9.17) is 9.15 Å². The Kier molecular flexibility index (Phi) is 9.93. The van der Waals surface area contributed by atoms with E-state index in [-0.39, 0.29) is 30.1 Å². The number of hydrogen-bond acceptors (Lipinski definition) is 5. The SMILES string of the molecule is CN=C(NCCN(C)C(=O)OC(C)(C)C)NCc1coc(-c2ccccc2)n1.I. The van der Waals surface area contributed by atoms with E-state index in [0.717, 1.165) is 11.3 Å². The molecule has 2 rings (SSSR count). The van der Waals surface area contributed by atoms with Crippen LogP contribution in [0, 0.1) is 0 Å². The van der Waals surface area contributed by atoms with E-state index in [1.54, 1.807) is 20.4 Å². The van der Waals surface area contributed by atoms with Crippen LogP contribution in [0.1, 0.15) is 26.5 Å². The highest BCUT2D eigenvalue weighted by Crippen LogP contribution is 2.17. The van der Waals surface area contributed by atoms with Gasteiger partial charge in [-0.25, -0.2) is 9.78 Å². The molecule has 0 spiro atoms. The van der Waals surface area contributed by atoms with Crippen LogP contribution >= 0.6 is 24.0 Å². The summed E-state index contributed by atoms with van der Waals surface area (Å²) in [5.74, 6) is 1.20. The lowest BCUT2D eigenvalue weighted by atomic mass is 10.2. The van der Waals surface area contributed by atoms with Crippen LogP contribution in [0.25, 0.3) is 11.5 Å². The van der Waals surface area contributed by atoms with Crippen LogP contribution < -0.4 is 10.6 Å². The molecule has 0 unspecified atom stereocenters. The lowest BCUT2D eigenvalue weighted by molar-refractivity contribution is 0.0302. The Hall–Kier alpha value is -2.30. The summed E-state index contributed by atoms with van der Waals surface area (Å²) < 4.78 is 10.8. The fourth-order valence-electron chi connectivity index (χ4n) is 2.27. The van der Waals surface area contributed by atoms with Crippen molar-refractivity contribution in [2.24, 2.45) is 4.99 Å². The van der Waals surface area contributed by atoms with Gasteiger partial charge < -0.3 is 24.7 Å². The van der Waals surface area contributed by atoms with E-state index in [1.807, 2.05) is 51.1 Å². The predicted molar refractivity (Wildman–Crippen MR) is 124 cm³/mol. The molecule has 1 heterocycles. The molecule has 0 saturated carbocycles. The predicted octanol–water partition coefficient (Wildman–Crippen LogP) is 3.49. The van der Waals surface area contributed by atoms with Gasteiger partial charge in [0.1, 0.15) is 11.9 Å². The number of carbonyl (C=O) groups excluding carboxylic acids is 1. The molecular formula is C20H30IN5O3. The molecular weight excluding hydrogens is 485 g/mol. The van der Waals surface area contributed by atoms with Crippen molar-refractivity contribution in [2.75, 3.05) is 27.2 Å². The minimum absolute atomic E-state index is 0. The van der Waals surface area contributed by atoms with Gasteiger partial charge in [0.15, 0.2) is 5.96 Å². The summed E-state index contributed by atoms with van der Waals surface area (Å²) in [6.45, 7) is 7.01. The number of guanidine groups is 1. The van der Waals surface area contributed by atoms with Gasteiger partial charge in [-0.2, -0.15) is 0 Å². The first-order chi connectivity index (χ1) is 13.3. The number of ether oxygens (including phenoxy) is 1. The summed E-state index contributed by atoms with van der Waals surface area (Å²) in [5, 5.41) is 6.33. The van der Waals surface area contributed by atoms with Crippen molar-refractivity contribution in [1.82, 2.24) is 20.5 Å². The topological polar surface area (TPSA) is 92.0 Å². The molecule has 1 amide bonds. The number of nitrogens with one attached hydrogen (secondary N) is 2. The van der Waals surface area contributed by atoms with Gasteiger partial charge in [0.25, 0.3) is 0 Å². The average molecular weight is 515 g/mol. The van der Waals surface area contributed by atoms with E-state index in [0.29, 0.717) is 31.5 Å². The summed E-state index contributed by atoms with van der Waals surface area (Å²) >= 11 is 0. The summed E-state index contributed by atoms with van der Waals surface area (Å²) in [6, 6.07) is 9.73. The summed E-state index contributed by atoms with van der Waals surface area (Å²) in [5.41, 5.74) is 1.20. The van der Waals surface area contributed by atoms with Gasteiger partial charge in [-0.05, 0) is 32.9 Å². The second-order valence-electron chi connectivity index (χ2n) is 7.26. The fraction of sp³-hybridized carbons (Fsp3) is 0.450. The van der Waals surface area contributed by atoms with Gasteiger partial charge in [-0.1, -0.05) is 18.2 Å². The van der Waals surface area contributed by atoms with Gasteiger partial charge >= 0.3 is 6.09 Å². The van der Waals surface area contributed by atoms with Crippen molar-refractivity contribution in [2.45, 2.75) is 32.9 Å². The van der Waals surface area contributed by atoms with Crippen LogP contribution in [0.4, 0.5) is 4.79 Å². The number of hydrogen-bond donors (Lipinski definition) is 2. The Morgan fingerprint density at radius 1 is 1.24 bits per heavy atom. The number of benzene rings is 1. The first-order valence-electron chi connectivity index (χ1n) is 9.17. The van der Waals surface area contributed by atoms with Gasteiger partial charge in [-0.15, -0.1) is 24.0 Å². The van der Waals surface area contributed by atoms with Crippen molar-refractivity contribution < 1.29 is 13.9 Å². The van der Waals surface area contributed by atoms with Crippen LogP contribution in [0.2, 0.25) is 0 Å². The maximum Gasteiger partial charge on any atom is 0.410 e. The molecule has 0 radical (unpaired) electrons. The zero-order valence-electron chi connectivity index (χ0n) is 17.6. The van der Waals surface area contributed by atoms with Gasteiger partial charge in [0.2, 0.25) is 5.89 Å². The minimum Gasteiger partial charge on any atom is -0.444 e. The first-order valence-corrected chi connectivity index (χ1v) is 9.17. The average Bonchev–Trinajstić information content (AvgIpc) is 3.12. The Morgan fingerprint density at radius 2 is 1.93 bits per heavy atom. The molecule has 8 nitrogen and oxygen atoms in total. The van der Waals surface area contributed by atoms with Crippen molar-refractivity contribution >= 4 is 36.0 Å². The van der Waals surface area contributed by atoms with Crippen molar-refractivity contribution in [1.29, 1.82) is 0 Å². The third kappa shape index (κ3) is 8.71. The van der Waals surface area contributed by atoms with Crippen LogP contribution in [0.3, 0.4) is 0 Å². The zero-order valence-corrected chi connectivity index (χ0v) is 19.9. The standard InChI is InChI=1S/C20H29N5O3.HI/c1-20(2,3)28-19(26)25(5)12-11-22-18(21-4)23-13-16-14-27-17(24-16)15-9-7-6-8-10-15;/h6-10,14H,11-13H2,1-5H3,(H2,21,22,23);1H. The molecule has 160 valence electrons. The molecule has 0 saturated heterocycles. The number of likely N-dealkylation sites (N-methyl/N-ethyl adjacent to an activating group) is 1. The molecule has 29 heavy (non-hydrogen) atoms. The molecule has 2 aromatic rings. The number of halogens is 1. The normalized spacial score (nSPS) is 11.4. The van der Waals surface area contributed by atoms with E-state index in [2.05, 4.69) is 20.6 Å². The van der Waals surface area contributed by atoms with E-state index < -0.39 is 5.60 Å². The highest BCUT2D eigenvalue weighted by molar-refractivity contribution is 14.0. The monoisotopic (exact) mass is 515 g/mol. The molecule has 9 heteroatoms. The number of amides is 1. The van der Waals surface area contributed by atoms with Crippen LogP contribution in [0.5, 0.6) is 0 Å². The molecule has 0 aliphatic heterocycles. The summed E-state index contributed by atoms with van der Waals surface area (Å²) in [4.78, 5) is 22.1. The Labute approximate surface area is 189 Å².